The first-order valence-corrected chi connectivity index (χ1v) is 9.59. The van der Waals surface area contributed by atoms with E-state index in [0.29, 0.717) is 21.8 Å². The molecule has 0 amide bonds. The Labute approximate surface area is 164 Å². The zero-order chi connectivity index (χ0) is 19.1. The van der Waals surface area contributed by atoms with Crippen LogP contribution >= 0.6 is 22.9 Å². The topological polar surface area (TPSA) is 34.9 Å². The van der Waals surface area contributed by atoms with Gasteiger partial charge in [0.15, 0.2) is 6.17 Å². The summed E-state index contributed by atoms with van der Waals surface area (Å²) in [5.41, 5.74) is 2.13. The van der Waals surface area contributed by atoms with Gasteiger partial charge in [0, 0.05) is 50.6 Å². The van der Waals surface area contributed by atoms with E-state index < -0.39 is 6.17 Å². The minimum atomic E-state index is -1.32. The number of fused-ring (bicyclic) bond motifs is 1. The molecule has 1 atom stereocenters. The zero-order valence-corrected chi connectivity index (χ0v) is 16.3. The van der Waals surface area contributed by atoms with Crippen molar-refractivity contribution in [3.05, 3.63) is 86.1 Å². The Morgan fingerprint density at radius 2 is 1.85 bits per heavy atom. The number of thiophene rings is 1. The lowest BCUT2D eigenvalue weighted by Gasteiger charge is -2.13. The second kappa shape index (κ2) is 6.91. The summed E-state index contributed by atoms with van der Waals surface area (Å²) in [7, 11) is 1.67. The summed E-state index contributed by atoms with van der Waals surface area (Å²) in [5, 5.41) is 1.32. The molecule has 1 unspecified atom stereocenters. The van der Waals surface area contributed by atoms with Gasteiger partial charge in [-0.2, -0.15) is 0 Å². The van der Waals surface area contributed by atoms with Crippen LogP contribution in [0.1, 0.15) is 22.2 Å². The summed E-state index contributed by atoms with van der Waals surface area (Å²) in [6.07, 6.45) is 0.166. The minimum Gasteiger partial charge on any atom is -0.296 e. The Morgan fingerprint density at radius 1 is 1.11 bits per heavy atom. The van der Waals surface area contributed by atoms with E-state index in [1.807, 2.05) is 19.1 Å². The van der Waals surface area contributed by atoms with Gasteiger partial charge in [0.2, 0.25) is 0 Å². The van der Waals surface area contributed by atoms with Gasteiger partial charge in [-0.05, 0) is 42.8 Å². The molecule has 4 aromatic rings. The SMILES string of the molecule is Cc1ccc(-c2cc(=O)n(C)c3ncc(C(F)c4ccc(Cl)cc4)cc23)s1. The van der Waals surface area contributed by atoms with Gasteiger partial charge in [-0.3, -0.25) is 9.36 Å². The van der Waals surface area contributed by atoms with Crippen molar-refractivity contribution in [2.45, 2.75) is 13.1 Å². The fourth-order valence-electron chi connectivity index (χ4n) is 3.09. The van der Waals surface area contributed by atoms with Crippen molar-refractivity contribution in [3.8, 4) is 10.4 Å². The Balaban J connectivity index is 1.91. The lowest BCUT2D eigenvalue weighted by molar-refractivity contribution is 0.401. The number of pyridine rings is 2. The molecule has 0 fully saturated rings. The van der Waals surface area contributed by atoms with E-state index in [9.17, 15) is 4.79 Å². The third kappa shape index (κ3) is 3.29. The lowest BCUT2D eigenvalue weighted by Crippen LogP contribution is -2.17. The molecule has 0 spiro atoms. The maximum Gasteiger partial charge on any atom is 0.252 e. The number of alkyl halides is 1. The van der Waals surface area contributed by atoms with E-state index in [0.717, 1.165) is 20.7 Å². The van der Waals surface area contributed by atoms with Crippen LogP contribution in [0, 0.1) is 6.92 Å². The van der Waals surface area contributed by atoms with Crippen molar-refractivity contribution in [2.75, 3.05) is 0 Å². The molecule has 0 saturated carbocycles. The predicted octanol–water partition coefficient (Wildman–Crippen LogP) is 5.68. The fourth-order valence-corrected chi connectivity index (χ4v) is 4.11. The van der Waals surface area contributed by atoms with Crippen LogP contribution in [-0.4, -0.2) is 9.55 Å². The number of aromatic nitrogens is 2. The molecule has 3 heterocycles. The molecule has 3 aromatic heterocycles. The van der Waals surface area contributed by atoms with Gasteiger partial charge < -0.3 is 0 Å². The number of halogens is 2. The number of hydrogen-bond donors (Lipinski definition) is 0. The molecule has 6 heteroatoms. The van der Waals surface area contributed by atoms with Crippen LogP contribution in [0.3, 0.4) is 0 Å². The van der Waals surface area contributed by atoms with Crippen molar-refractivity contribution < 1.29 is 4.39 Å². The number of nitrogens with zero attached hydrogens (tertiary/aromatic N) is 2. The third-order valence-corrected chi connectivity index (χ3v) is 5.84. The minimum absolute atomic E-state index is 0.140. The summed E-state index contributed by atoms with van der Waals surface area (Å²) in [6, 6.07) is 14.0. The first-order valence-electron chi connectivity index (χ1n) is 8.40. The highest BCUT2D eigenvalue weighted by Gasteiger charge is 2.17. The third-order valence-electron chi connectivity index (χ3n) is 4.56. The molecular formula is C21H16ClFN2OS. The summed E-state index contributed by atoms with van der Waals surface area (Å²) < 4.78 is 16.6. The largest absolute Gasteiger partial charge is 0.296 e. The molecule has 3 nitrogen and oxygen atoms in total. The molecule has 4 rings (SSSR count). The Bertz CT molecular complexity index is 1200. The summed E-state index contributed by atoms with van der Waals surface area (Å²) in [5.74, 6) is 0. The molecule has 1 aromatic carbocycles. The van der Waals surface area contributed by atoms with Crippen LogP contribution < -0.4 is 5.56 Å². The molecule has 27 heavy (non-hydrogen) atoms. The van der Waals surface area contributed by atoms with Crippen LogP contribution in [-0.2, 0) is 7.05 Å². The van der Waals surface area contributed by atoms with Crippen LogP contribution in [0.4, 0.5) is 4.39 Å². The van der Waals surface area contributed by atoms with E-state index in [1.54, 1.807) is 54.8 Å². The van der Waals surface area contributed by atoms with Gasteiger partial charge in [0.05, 0.1) is 0 Å². The van der Waals surface area contributed by atoms with E-state index in [1.165, 1.54) is 10.8 Å². The number of benzene rings is 1. The summed E-state index contributed by atoms with van der Waals surface area (Å²) in [6.45, 7) is 2.01. The molecule has 136 valence electrons. The first kappa shape index (κ1) is 17.9. The number of aryl methyl sites for hydroxylation is 2. The monoisotopic (exact) mass is 398 g/mol. The van der Waals surface area contributed by atoms with Crippen molar-refractivity contribution in [1.82, 2.24) is 9.55 Å². The first-order chi connectivity index (χ1) is 12.9. The normalized spacial score (nSPS) is 12.4. The average Bonchev–Trinajstić information content (AvgIpc) is 3.10. The average molecular weight is 399 g/mol. The quantitative estimate of drug-likeness (QED) is 0.444. The van der Waals surface area contributed by atoms with Gasteiger partial charge in [-0.15, -0.1) is 11.3 Å². The zero-order valence-electron chi connectivity index (χ0n) is 14.7. The second-order valence-electron chi connectivity index (χ2n) is 6.42. The number of hydrogen-bond acceptors (Lipinski definition) is 3. The van der Waals surface area contributed by atoms with E-state index in [2.05, 4.69) is 4.98 Å². The van der Waals surface area contributed by atoms with Crippen LogP contribution in [0.2, 0.25) is 5.02 Å². The molecule has 0 aliphatic rings. The Morgan fingerprint density at radius 3 is 2.52 bits per heavy atom. The highest BCUT2D eigenvalue weighted by atomic mass is 35.5. The molecule has 0 aliphatic heterocycles. The van der Waals surface area contributed by atoms with Gasteiger partial charge >= 0.3 is 0 Å². The summed E-state index contributed by atoms with van der Waals surface area (Å²) in [4.78, 5) is 18.9. The number of rotatable bonds is 3. The Kier molecular flexibility index (Phi) is 4.58. The van der Waals surface area contributed by atoms with Crippen LogP contribution in [0.5, 0.6) is 0 Å². The van der Waals surface area contributed by atoms with E-state index >= 15 is 4.39 Å². The van der Waals surface area contributed by atoms with Gasteiger partial charge in [0.25, 0.3) is 5.56 Å². The van der Waals surface area contributed by atoms with Gasteiger partial charge in [0.1, 0.15) is 5.65 Å². The van der Waals surface area contributed by atoms with Crippen molar-refractivity contribution >= 4 is 34.0 Å². The lowest BCUT2D eigenvalue weighted by atomic mass is 10.0. The van der Waals surface area contributed by atoms with Crippen molar-refractivity contribution in [2.24, 2.45) is 7.05 Å². The predicted molar refractivity (Wildman–Crippen MR) is 109 cm³/mol. The highest BCUT2D eigenvalue weighted by Crippen LogP contribution is 2.34. The maximum absolute atomic E-state index is 15.1. The standard InChI is InChI=1S/C21H16ClFN2OS/c1-12-3-8-18(27-12)16-10-19(26)25(2)21-17(16)9-14(11-24-21)20(23)13-4-6-15(22)7-5-13/h3-11,20H,1-2H3. The van der Waals surface area contributed by atoms with Gasteiger partial charge in [-0.25, -0.2) is 9.37 Å². The second-order valence-corrected chi connectivity index (χ2v) is 8.14. The van der Waals surface area contributed by atoms with Gasteiger partial charge in [-0.1, -0.05) is 23.7 Å². The molecule has 0 radical (unpaired) electrons. The molecule has 0 N–H and O–H groups in total. The maximum atomic E-state index is 15.1. The highest BCUT2D eigenvalue weighted by molar-refractivity contribution is 7.15. The molecule has 0 bridgehead atoms. The molecule has 0 saturated heterocycles. The Hall–Kier alpha value is -2.50. The van der Waals surface area contributed by atoms with Crippen molar-refractivity contribution in [3.63, 3.8) is 0 Å². The molecule has 0 aliphatic carbocycles. The van der Waals surface area contributed by atoms with E-state index in [-0.39, 0.29) is 5.56 Å². The fraction of sp³-hybridized carbons (Fsp3) is 0.143. The smallest absolute Gasteiger partial charge is 0.252 e. The van der Waals surface area contributed by atoms with Crippen LogP contribution in [0.25, 0.3) is 21.5 Å². The summed E-state index contributed by atoms with van der Waals surface area (Å²) >= 11 is 7.50. The van der Waals surface area contributed by atoms with Crippen LogP contribution in [0.15, 0.2) is 59.5 Å². The van der Waals surface area contributed by atoms with E-state index in [4.69, 9.17) is 11.6 Å². The van der Waals surface area contributed by atoms with Crippen molar-refractivity contribution in [1.29, 1.82) is 0 Å². The molecular weight excluding hydrogens is 383 g/mol.